The van der Waals surface area contributed by atoms with Gasteiger partial charge in [-0.2, -0.15) is 15.0 Å². The predicted molar refractivity (Wildman–Crippen MR) is 70.2 cm³/mol. The van der Waals surface area contributed by atoms with Gasteiger partial charge in [-0.3, -0.25) is 0 Å². The van der Waals surface area contributed by atoms with Crippen molar-refractivity contribution in [2.24, 2.45) is 0 Å². The molecule has 0 spiro atoms. The van der Waals surface area contributed by atoms with E-state index in [1.165, 1.54) is 0 Å². The number of hydrogen-bond donors (Lipinski definition) is 1. The highest BCUT2D eigenvalue weighted by Crippen LogP contribution is 2.09. The van der Waals surface area contributed by atoms with Crippen LogP contribution in [0.1, 0.15) is 5.56 Å². The lowest BCUT2D eigenvalue weighted by Gasteiger charge is -2.01. The standard InChI is InChI=1S/C12H11ClN4O/c13-10-15-11(14)17-12(16-10)18-8-4-7-9-5-2-1-3-6-9/h1-7H,8H2,(H2,14,15,16,17)/b7-4+. The van der Waals surface area contributed by atoms with E-state index >= 15 is 0 Å². The second-order valence-electron chi connectivity index (χ2n) is 3.37. The molecule has 2 aromatic rings. The van der Waals surface area contributed by atoms with E-state index in [1.807, 2.05) is 42.5 Å². The average molecular weight is 263 g/mol. The van der Waals surface area contributed by atoms with Crippen LogP contribution in [0.25, 0.3) is 6.08 Å². The van der Waals surface area contributed by atoms with Crippen molar-refractivity contribution in [1.82, 2.24) is 15.0 Å². The van der Waals surface area contributed by atoms with Crippen molar-refractivity contribution >= 4 is 23.6 Å². The molecule has 92 valence electrons. The topological polar surface area (TPSA) is 73.9 Å². The van der Waals surface area contributed by atoms with E-state index in [-0.39, 0.29) is 17.2 Å². The Labute approximate surface area is 109 Å². The summed E-state index contributed by atoms with van der Waals surface area (Å²) in [5.74, 6) is 0.0389. The molecule has 0 fully saturated rings. The molecule has 18 heavy (non-hydrogen) atoms. The maximum Gasteiger partial charge on any atom is 0.322 e. The Morgan fingerprint density at radius 1 is 1.17 bits per heavy atom. The summed E-state index contributed by atoms with van der Waals surface area (Å²) < 4.78 is 5.28. The zero-order valence-corrected chi connectivity index (χ0v) is 10.2. The average Bonchev–Trinajstić information content (AvgIpc) is 2.35. The lowest BCUT2D eigenvalue weighted by molar-refractivity contribution is 0.333. The molecule has 1 aromatic heterocycles. The molecule has 0 saturated carbocycles. The fraction of sp³-hybridized carbons (Fsp3) is 0.0833. The summed E-state index contributed by atoms with van der Waals surface area (Å²) in [7, 11) is 0. The molecule has 0 aliphatic carbocycles. The molecule has 0 amide bonds. The summed E-state index contributed by atoms with van der Waals surface area (Å²) in [6.45, 7) is 0.328. The summed E-state index contributed by atoms with van der Waals surface area (Å²) in [5, 5.41) is 0.0181. The lowest BCUT2D eigenvalue weighted by atomic mass is 10.2. The molecule has 5 nitrogen and oxygen atoms in total. The number of nitrogens with two attached hydrogens (primary N) is 1. The van der Waals surface area contributed by atoms with E-state index in [0.29, 0.717) is 6.61 Å². The Morgan fingerprint density at radius 2 is 1.94 bits per heavy atom. The van der Waals surface area contributed by atoms with Crippen LogP contribution in [0, 0.1) is 0 Å². The van der Waals surface area contributed by atoms with Crippen LogP contribution in [-0.4, -0.2) is 21.6 Å². The van der Waals surface area contributed by atoms with Crippen molar-refractivity contribution < 1.29 is 4.74 Å². The van der Waals surface area contributed by atoms with Crippen LogP contribution in [0.5, 0.6) is 6.01 Å². The SMILES string of the molecule is Nc1nc(Cl)nc(OC/C=C/c2ccccc2)n1. The lowest BCUT2D eigenvalue weighted by Crippen LogP contribution is -2.03. The third kappa shape index (κ3) is 3.71. The van der Waals surface area contributed by atoms with Crippen LogP contribution in [0.2, 0.25) is 5.28 Å². The molecule has 0 aliphatic heterocycles. The van der Waals surface area contributed by atoms with Crippen LogP contribution in [0.15, 0.2) is 36.4 Å². The van der Waals surface area contributed by atoms with Crippen LogP contribution in [0.4, 0.5) is 5.95 Å². The van der Waals surface area contributed by atoms with Crippen LogP contribution in [-0.2, 0) is 0 Å². The van der Waals surface area contributed by atoms with Gasteiger partial charge in [-0.1, -0.05) is 36.4 Å². The molecule has 0 aliphatic rings. The summed E-state index contributed by atoms with van der Waals surface area (Å²) >= 11 is 5.62. The largest absolute Gasteiger partial charge is 0.459 e. The Bertz CT molecular complexity index is 525. The van der Waals surface area contributed by atoms with Crippen molar-refractivity contribution in [2.45, 2.75) is 0 Å². The van der Waals surface area contributed by atoms with Gasteiger partial charge in [0.05, 0.1) is 0 Å². The zero-order valence-electron chi connectivity index (χ0n) is 9.45. The van der Waals surface area contributed by atoms with E-state index in [2.05, 4.69) is 15.0 Å². The first-order valence-electron chi connectivity index (χ1n) is 5.25. The fourth-order valence-corrected chi connectivity index (χ4v) is 1.44. The fourth-order valence-electron chi connectivity index (χ4n) is 1.28. The molecule has 0 bridgehead atoms. The summed E-state index contributed by atoms with van der Waals surface area (Å²) in [6, 6.07) is 10.00. The maximum atomic E-state index is 5.62. The van der Waals surface area contributed by atoms with Crippen molar-refractivity contribution in [3.8, 4) is 6.01 Å². The van der Waals surface area contributed by atoms with E-state index in [1.54, 1.807) is 0 Å². The number of ether oxygens (including phenoxy) is 1. The van der Waals surface area contributed by atoms with Gasteiger partial charge in [0.2, 0.25) is 11.2 Å². The number of rotatable bonds is 4. The van der Waals surface area contributed by atoms with E-state index < -0.39 is 0 Å². The first kappa shape index (κ1) is 12.3. The Kier molecular flexibility index (Phi) is 4.09. The first-order chi connectivity index (χ1) is 8.74. The van der Waals surface area contributed by atoms with Crippen molar-refractivity contribution in [3.63, 3.8) is 0 Å². The van der Waals surface area contributed by atoms with Crippen molar-refractivity contribution in [3.05, 3.63) is 47.3 Å². The summed E-state index contributed by atoms with van der Waals surface area (Å²) in [6.07, 6.45) is 3.79. The normalized spacial score (nSPS) is 10.7. The number of halogens is 1. The van der Waals surface area contributed by atoms with Gasteiger partial charge in [0.1, 0.15) is 6.61 Å². The monoisotopic (exact) mass is 262 g/mol. The number of hydrogen-bond acceptors (Lipinski definition) is 5. The molecule has 0 unspecified atom stereocenters. The highest BCUT2D eigenvalue weighted by molar-refractivity contribution is 6.28. The smallest absolute Gasteiger partial charge is 0.322 e. The quantitative estimate of drug-likeness (QED) is 0.914. The first-order valence-corrected chi connectivity index (χ1v) is 5.63. The highest BCUT2D eigenvalue weighted by Gasteiger charge is 2.01. The van der Waals surface area contributed by atoms with Gasteiger partial charge in [-0.15, -0.1) is 0 Å². The van der Waals surface area contributed by atoms with Crippen LogP contribution in [0.3, 0.4) is 0 Å². The van der Waals surface area contributed by atoms with Gasteiger partial charge in [-0.25, -0.2) is 0 Å². The molecule has 2 rings (SSSR count). The zero-order chi connectivity index (χ0) is 12.8. The number of nitrogens with zero attached hydrogens (tertiary/aromatic N) is 3. The van der Waals surface area contributed by atoms with Crippen LogP contribution >= 0.6 is 11.6 Å². The second-order valence-corrected chi connectivity index (χ2v) is 3.71. The van der Waals surface area contributed by atoms with E-state index in [9.17, 15) is 0 Å². The van der Waals surface area contributed by atoms with Gasteiger partial charge in [-0.05, 0) is 23.2 Å². The summed E-state index contributed by atoms with van der Waals surface area (Å²) in [4.78, 5) is 11.2. The van der Waals surface area contributed by atoms with E-state index in [4.69, 9.17) is 22.1 Å². The number of nitrogen functional groups attached to an aromatic ring is 1. The second kappa shape index (κ2) is 5.97. The molecule has 0 atom stereocenters. The molecule has 1 heterocycles. The Hall–Kier alpha value is -2.14. The van der Waals surface area contributed by atoms with Gasteiger partial charge < -0.3 is 10.5 Å². The molecule has 0 radical (unpaired) electrons. The van der Waals surface area contributed by atoms with Gasteiger partial charge >= 0.3 is 6.01 Å². The minimum atomic E-state index is 0.0181. The minimum Gasteiger partial charge on any atom is -0.459 e. The number of benzene rings is 1. The molecule has 2 N–H and O–H groups in total. The molecule has 6 heteroatoms. The van der Waals surface area contributed by atoms with E-state index in [0.717, 1.165) is 5.56 Å². The molecular weight excluding hydrogens is 252 g/mol. The summed E-state index contributed by atoms with van der Waals surface area (Å²) in [5.41, 5.74) is 6.50. The minimum absolute atomic E-state index is 0.0181. The third-order valence-electron chi connectivity index (χ3n) is 2.02. The predicted octanol–water partition coefficient (Wildman–Crippen LogP) is 2.20. The van der Waals surface area contributed by atoms with Gasteiger partial charge in [0, 0.05) is 0 Å². The Balaban J connectivity index is 1.90. The maximum absolute atomic E-state index is 5.62. The highest BCUT2D eigenvalue weighted by atomic mass is 35.5. The third-order valence-corrected chi connectivity index (χ3v) is 2.19. The Morgan fingerprint density at radius 3 is 2.67 bits per heavy atom. The number of aromatic nitrogens is 3. The van der Waals surface area contributed by atoms with Gasteiger partial charge in [0.25, 0.3) is 0 Å². The molecular formula is C12H11ClN4O. The molecule has 1 aromatic carbocycles. The molecule has 0 saturated heterocycles. The number of anilines is 1. The van der Waals surface area contributed by atoms with Gasteiger partial charge in [0.15, 0.2) is 0 Å². The van der Waals surface area contributed by atoms with Crippen molar-refractivity contribution in [1.29, 1.82) is 0 Å². The van der Waals surface area contributed by atoms with Crippen LogP contribution < -0.4 is 10.5 Å². The van der Waals surface area contributed by atoms with Crippen molar-refractivity contribution in [2.75, 3.05) is 12.3 Å².